The number of carbonyl (C=O) groups is 3. The zero-order valence-corrected chi connectivity index (χ0v) is 23.5. The number of nitrogens with one attached hydrogen (secondary N) is 1. The van der Waals surface area contributed by atoms with Gasteiger partial charge < -0.3 is 5.32 Å². The maximum absolute atomic E-state index is 13.9. The minimum Gasteiger partial charge on any atom is -0.324 e. The van der Waals surface area contributed by atoms with Crippen LogP contribution in [0.3, 0.4) is 0 Å². The average Bonchev–Trinajstić information content (AvgIpc) is 3.41. The van der Waals surface area contributed by atoms with E-state index in [-0.39, 0.29) is 17.9 Å². The lowest BCUT2D eigenvalue weighted by molar-refractivity contribution is -0.384. The molecule has 1 saturated heterocycles. The summed E-state index contributed by atoms with van der Waals surface area (Å²) in [5.41, 5.74) is 1.98. The van der Waals surface area contributed by atoms with E-state index in [2.05, 4.69) is 5.32 Å². The summed E-state index contributed by atoms with van der Waals surface area (Å²) < 4.78 is 15.2. The molecule has 0 saturated carbocycles. The number of aromatic nitrogens is 1. The van der Waals surface area contributed by atoms with E-state index in [9.17, 15) is 33.7 Å². The van der Waals surface area contributed by atoms with Gasteiger partial charge in [0.2, 0.25) is 17.7 Å². The van der Waals surface area contributed by atoms with Gasteiger partial charge in [-0.3, -0.25) is 33.9 Å². The maximum Gasteiger partial charge on any atom is 0.308 e. The van der Waals surface area contributed by atoms with Crippen molar-refractivity contribution < 1.29 is 23.7 Å². The lowest BCUT2D eigenvalue weighted by atomic mass is 9.83. The molecule has 3 amide bonds. The van der Waals surface area contributed by atoms with Crippen molar-refractivity contribution in [2.75, 3.05) is 10.2 Å². The smallest absolute Gasteiger partial charge is 0.308 e. The van der Waals surface area contributed by atoms with Crippen LogP contribution in [0.4, 0.5) is 21.5 Å². The van der Waals surface area contributed by atoms with Crippen molar-refractivity contribution in [2.24, 2.45) is 5.92 Å². The second kappa shape index (κ2) is 10.7. The number of nitrogens with zero attached hydrogens (tertiary/aromatic N) is 3. The van der Waals surface area contributed by atoms with Crippen LogP contribution in [0, 0.1) is 28.8 Å². The molecule has 13 heteroatoms. The number of para-hydroxylation sites is 1. The Morgan fingerprint density at radius 2 is 1.69 bits per heavy atom. The molecule has 0 spiro atoms. The number of thiazole rings is 1. The van der Waals surface area contributed by atoms with E-state index in [1.165, 1.54) is 53.1 Å². The number of non-ortho nitro benzene ring substituents is 1. The number of carbonyl (C=O) groups excluding carboxylic acids is 3. The number of thioether (sulfide) groups is 1. The fraction of sp³-hybridized carbons (Fsp3) is 0.172. The van der Waals surface area contributed by atoms with Crippen LogP contribution >= 0.6 is 23.1 Å². The summed E-state index contributed by atoms with van der Waals surface area (Å²) in [5, 5.41) is 13.4. The first-order chi connectivity index (χ1) is 20.1. The molecule has 6 rings (SSSR count). The van der Waals surface area contributed by atoms with Gasteiger partial charge in [0.1, 0.15) is 17.6 Å². The normalized spacial score (nSPS) is 19.4. The van der Waals surface area contributed by atoms with Crippen LogP contribution < -0.4 is 15.1 Å². The van der Waals surface area contributed by atoms with Gasteiger partial charge in [-0.1, -0.05) is 53.4 Å². The molecule has 4 aromatic rings. The van der Waals surface area contributed by atoms with Crippen LogP contribution in [0.5, 0.6) is 0 Å². The summed E-state index contributed by atoms with van der Waals surface area (Å²) in [6, 6.07) is 17.8. The van der Waals surface area contributed by atoms with Crippen LogP contribution in [0.25, 0.3) is 0 Å². The topological polar surface area (TPSA) is 132 Å². The third kappa shape index (κ3) is 4.69. The number of hydrogen-bond acceptors (Lipinski definition) is 8. The molecule has 0 bridgehead atoms. The lowest BCUT2D eigenvalue weighted by Gasteiger charge is -2.30. The summed E-state index contributed by atoms with van der Waals surface area (Å²) in [6.07, 6.45) is 0. The van der Waals surface area contributed by atoms with E-state index >= 15 is 0 Å². The maximum atomic E-state index is 13.9. The van der Waals surface area contributed by atoms with Gasteiger partial charge in [0, 0.05) is 28.6 Å². The molecule has 10 nitrogen and oxygen atoms in total. The standard InChI is InChI=1S/C29H21FN4O6S2/c1-15-4-2-3-5-20(15)31-21(35)14-32-28-25(42-29(32)38)22(16-6-8-17(30)9-7-16)23-24(41-28)27(37)33(26(23)36)18-10-12-19(13-11-18)34(39)40/h2-13,22-24H,14H2,1H3,(H,31,35)/t22-,23-,24+/m0/s1. The van der Waals surface area contributed by atoms with Crippen LogP contribution in [-0.4, -0.2) is 32.5 Å². The molecule has 1 aromatic heterocycles. The Morgan fingerprint density at radius 3 is 2.36 bits per heavy atom. The molecule has 42 heavy (non-hydrogen) atoms. The Hall–Kier alpha value is -4.62. The van der Waals surface area contributed by atoms with Crippen LogP contribution in [0.1, 0.15) is 21.9 Å². The second-order valence-electron chi connectivity index (χ2n) is 9.87. The number of amides is 3. The lowest BCUT2D eigenvalue weighted by Crippen LogP contribution is -2.33. The van der Waals surface area contributed by atoms with Gasteiger partial charge in [-0.25, -0.2) is 9.29 Å². The first kappa shape index (κ1) is 27.5. The van der Waals surface area contributed by atoms with E-state index in [1.807, 2.05) is 19.1 Å². The highest BCUT2D eigenvalue weighted by Gasteiger charge is 2.56. The quantitative estimate of drug-likeness (QED) is 0.192. The van der Waals surface area contributed by atoms with Crippen LogP contribution in [0.15, 0.2) is 82.6 Å². The summed E-state index contributed by atoms with van der Waals surface area (Å²) in [7, 11) is 0. The number of halogens is 1. The molecule has 0 aliphatic carbocycles. The first-order valence-corrected chi connectivity index (χ1v) is 14.5. The summed E-state index contributed by atoms with van der Waals surface area (Å²) >= 11 is 1.93. The summed E-state index contributed by atoms with van der Waals surface area (Å²) in [5.74, 6) is -3.69. The van der Waals surface area contributed by atoms with E-state index in [0.29, 0.717) is 21.2 Å². The average molecular weight is 605 g/mol. The molecule has 3 heterocycles. The monoisotopic (exact) mass is 604 g/mol. The highest BCUT2D eigenvalue weighted by atomic mass is 32.2. The minimum atomic E-state index is -0.949. The first-order valence-electron chi connectivity index (χ1n) is 12.8. The number of anilines is 2. The number of aryl methyl sites for hydroxylation is 1. The van der Waals surface area contributed by atoms with E-state index in [4.69, 9.17) is 0 Å². The molecule has 0 unspecified atom stereocenters. The van der Waals surface area contributed by atoms with Crippen molar-refractivity contribution in [3.63, 3.8) is 0 Å². The van der Waals surface area contributed by atoms with Crippen molar-refractivity contribution in [3.05, 3.63) is 114 Å². The number of rotatable bonds is 6. The van der Waals surface area contributed by atoms with Crippen molar-refractivity contribution in [1.82, 2.24) is 4.57 Å². The molecule has 212 valence electrons. The number of nitro groups is 1. The molecule has 2 aliphatic heterocycles. The van der Waals surface area contributed by atoms with Crippen LogP contribution in [-0.2, 0) is 20.9 Å². The van der Waals surface area contributed by atoms with Crippen LogP contribution in [0.2, 0.25) is 0 Å². The van der Waals surface area contributed by atoms with Gasteiger partial charge in [0.15, 0.2) is 0 Å². The Bertz CT molecular complexity index is 1820. The molecule has 1 fully saturated rings. The number of fused-ring (bicyclic) bond motifs is 2. The van der Waals surface area contributed by atoms with Gasteiger partial charge in [-0.2, -0.15) is 0 Å². The molecular weight excluding hydrogens is 583 g/mol. The van der Waals surface area contributed by atoms with E-state index in [1.54, 1.807) is 12.1 Å². The SMILES string of the molecule is Cc1ccccc1NC(=O)Cn1c2c(sc1=O)[C@@H](c1ccc(F)cc1)[C@@H]1C(=O)N(c3ccc([N+](=O)[O-])cc3)C(=O)[C@@H]1S2. The largest absolute Gasteiger partial charge is 0.324 e. The molecule has 1 N–H and O–H groups in total. The van der Waals surface area contributed by atoms with Crippen molar-refractivity contribution in [1.29, 1.82) is 0 Å². The fourth-order valence-corrected chi connectivity index (χ4v) is 8.08. The molecule has 3 aromatic carbocycles. The molecular formula is C29H21FN4O6S2. The van der Waals surface area contributed by atoms with Gasteiger partial charge in [0.25, 0.3) is 5.69 Å². The second-order valence-corrected chi connectivity index (χ2v) is 12.0. The minimum absolute atomic E-state index is 0.182. The Balaban J connectivity index is 1.40. The van der Waals surface area contributed by atoms with Crippen molar-refractivity contribution in [3.8, 4) is 0 Å². The van der Waals surface area contributed by atoms with E-state index in [0.717, 1.165) is 33.6 Å². The van der Waals surface area contributed by atoms with Crippen molar-refractivity contribution in [2.45, 2.75) is 29.7 Å². The highest BCUT2D eigenvalue weighted by molar-refractivity contribution is 8.00. The van der Waals surface area contributed by atoms with Gasteiger partial charge >= 0.3 is 4.87 Å². The van der Waals surface area contributed by atoms with Gasteiger partial charge in [-0.15, -0.1) is 0 Å². The van der Waals surface area contributed by atoms with E-state index < -0.39 is 50.4 Å². The van der Waals surface area contributed by atoms with Gasteiger partial charge in [0.05, 0.1) is 21.6 Å². The molecule has 0 radical (unpaired) electrons. The third-order valence-corrected chi connectivity index (χ3v) is 9.92. The zero-order valence-electron chi connectivity index (χ0n) is 21.9. The van der Waals surface area contributed by atoms with Gasteiger partial charge in [-0.05, 0) is 48.4 Å². The Labute approximate surface area is 245 Å². The predicted octanol–water partition coefficient (Wildman–Crippen LogP) is 4.70. The highest BCUT2D eigenvalue weighted by Crippen LogP contribution is 2.53. The number of nitro benzene ring substituents is 1. The Morgan fingerprint density at radius 1 is 1.00 bits per heavy atom. The number of imide groups is 1. The van der Waals surface area contributed by atoms with Crippen molar-refractivity contribution >= 4 is 57.9 Å². The number of benzene rings is 3. The molecule has 2 aliphatic rings. The fourth-order valence-electron chi connectivity index (χ4n) is 5.31. The zero-order chi connectivity index (χ0) is 29.7. The summed E-state index contributed by atoms with van der Waals surface area (Å²) in [6.45, 7) is 1.53. The predicted molar refractivity (Wildman–Crippen MR) is 155 cm³/mol. The third-order valence-electron chi connectivity index (χ3n) is 7.32. The summed E-state index contributed by atoms with van der Waals surface area (Å²) in [4.78, 5) is 65.5. The molecule has 3 atom stereocenters. The Kier molecular flexibility index (Phi) is 6.99. The number of hydrogen-bond donors (Lipinski definition) is 1.